The molecule has 0 bridgehead atoms. The van der Waals surface area contributed by atoms with Gasteiger partial charge >= 0.3 is 11.9 Å². The summed E-state index contributed by atoms with van der Waals surface area (Å²) in [5, 5.41) is 18.9. The van der Waals surface area contributed by atoms with E-state index in [1.807, 2.05) is 18.2 Å². The average Bonchev–Trinajstić information content (AvgIpc) is 2.94. The highest BCUT2D eigenvalue weighted by Crippen LogP contribution is 2.20. The van der Waals surface area contributed by atoms with Crippen LogP contribution < -0.4 is 0 Å². The van der Waals surface area contributed by atoms with Crippen LogP contribution in [0, 0.1) is 0 Å². The van der Waals surface area contributed by atoms with E-state index in [-0.39, 0.29) is 6.61 Å². The molecule has 2 rings (SSSR count). The van der Waals surface area contributed by atoms with Crippen LogP contribution in [0.25, 0.3) is 0 Å². The summed E-state index contributed by atoms with van der Waals surface area (Å²) in [6.07, 6.45) is -0.458. The van der Waals surface area contributed by atoms with Gasteiger partial charge in [0.2, 0.25) is 6.23 Å². The number of likely N-dealkylation sites (tertiary alicyclic amines) is 1. The molecular formula is C14H17NO5. The molecule has 0 aliphatic carbocycles. The summed E-state index contributed by atoms with van der Waals surface area (Å²) in [5.41, 5.74) is 0.809. The fourth-order valence-corrected chi connectivity index (χ4v) is 2.29. The first-order valence-electron chi connectivity index (χ1n) is 6.47. The molecule has 0 saturated carbocycles. The first-order chi connectivity index (χ1) is 9.59. The second kappa shape index (κ2) is 6.49. The van der Waals surface area contributed by atoms with Crippen molar-refractivity contribution in [2.24, 2.45) is 0 Å². The van der Waals surface area contributed by atoms with Crippen molar-refractivity contribution in [3.05, 3.63) is 35.9 Å². The first kappa shape index (κ1) is 14.5. The monoisotopic (exact) mass is 279 g/mol. The highest BCUT2D eigenvalue weighted by Gasteiger charge is 2.38. The van der Waals surface area contributed by atoms with E-state index >= 15 is 0 Å². The number of carbonyl (C=O) groups excluding carboxylic acids is 1. The van der Waals surface area contributed by atoms with E-state index in [1.54, 1.807) is 12.1 Å². The van der Waals surface area contributed by atoms with E-state index in [4.69, 9.17) is 9.84 Å². The quantitative estimate of drug-likeness (QED) is 0.767. The molecule has 1 aliphatic rings. The van der Waals surface area contributed by atoms with Crippen molar-refractivity contribution < 1.29 is 24.5 Å². The van der Waals surface area contributed by atoms with E-state index < -0.39 is 24.2 Å². The van der Waals surface area contributed by atoms with E-state index in [0.717, 1.165) is 5.56 Å². The molecule has 1 saturated heterocycles. The lowest BCUT2D eigenvalue weighted by atomic mass is 10.2. The van der Waals surface area contributed by atoms with Gasteiger partial charge in [-0.1, -0.05) is 30.3 Å². The van der Waals surface area contributed by atoms with Gasteiger partial charge in [0.15, 0.2) is 0 Å². The summed E-state index contributed by atoms with van der Waals surface area (Å²) in [5.74, 6) is -1.85. The number of carbonyl (C=O) groups is 2. The zero-order chi connectivity index (χ0) is 14.5. The molecule has 1 aliphatic heterocycles. The Labute approximate surface area is 116 Å². The Kier molecular flexibility index (Phi) is 4.70. The average molecular weight is 279 g/mol. The third-order valence-corrected chi connectivity index (χ3v) is 3.33. The molecule has 2 atom stereocenters. The smallest absolute Gasteiger partial charge is 0.350 e. The van der Waals surface area contributed by atoms with Crippen molar-refractivity contribution in [2.45, 2.75) is 31.7 Å². The molecule has 0 spiro atoms. The minimum Gasteiger partial charge on any atom is -0.480 e. The lowest BCUT2D eigenvalue weighted by Gasteiger charge is -2.25. The second-order valence-electron chi connectivity index (χ2n) is 4.70. The molecule has 0 aromatic heterocycles. The summed E-state index contributed by atoms with van der Waals surface area (Å²) in [6, 6.07) is 8.27. The van der Waals surface area contributed by atoms with Crippen LogP contribution in [0.1, 0.15) is 18.4 Å². The predicted octanol–water partition coefficient (Wildman–Crippen LogP) is 0.597. The number of rotatable bonds is 5. The summed E-state index contributed by atoms with van der Waals surface area (Å²) >= 11 is 0. The molecule has 6 heteroatoms. The van der Waals surface area contributed by atoms with Crippen LogP contribution in [0.3, 0.4) is 0 Å². The van der Waals surface area contributed by atoms with E-state index in [2.05, 4.69) is 0 Å². The van der Waals surface area contributed by atoms with Gasteiger partial charge in [-0.2, -0.15) is 0 Å². The minimum atomic E-state index is -1.53. The molecule has 1 fully saturated rings. The number of aliphatic hydroxyl groups is 1. The maximum Gasteiger partial charge on any atom is 0.350 e. The number of carboxylic acid groups (broad SMARTS) is 1. The van der Waals surface area contributed by atoms with Crippen molar-refractivity contribution in [1.82, 2.24) is 4.90 Å². The molecule has 108 valence electrons. The van der Waals surface area contributed by atoms with Gasteiger partial charge in [-0.25, -0.2) is 4.79 Å². The molecule has 1 heterocycles. The molecule has 1 aromatic carbocycles. The van der Waals surface area contributed by atoms with Gasteiger partial charge in [0.25, 0.3) is 0 Å². The van der Waals surface area contributed by atoms with Crippen LogP contribution in [-0.4, -0.2) is 45.9 Å². The Morgan fingerprint density at radius 1 is 1.35 bits per heavy atom. The lowest BCUT2D eigenvalue weighted by molar-refractivity contribution is -0.169. The number of hydrogen-bond acceptors (Lipinski definition) is 5. The minimum absolute atomic E-state index is 0.0578. The molecule has 6 nitrogen and oxygen atoms in total. The van der Waals surface area contributed by atoms with Crippen LogP contribution in [0.5, 0.6) is 0 Å². The largest absolute Gasteiger partial charge is 0.480 e. The Morgan fingerprint density at radius 2 is 2.05 bits per heavy atom. The number of ether oxygens (including phenoxy) is 1. The molecule has 0 radical (unpaired) electrons. The third-order valence-electron chi connectivity index (χ3n) is 3.33. The molecule has 1 aromatic rings. The normalized spacial score (nSPS) is 20.6. The number of nitrogens with zero attached hydrogens (tertiary/aromatic N) is 1. The number of aliphatic carboxylic acids is 1. The SMILES string of the molecule is O=C(OCc1ccccc1)C(O)N1CCC[C@H]1C(=O)O. The van der Waals surface area contributed by atoms with Gasteiger partial charge < -0.3 is 14.9 Å². The first-order valence-corrected chi connectivity index (χ1v) is 6.47. The second-order valence-corrected chi connectivity index (χ2v) is 4.70. The molecule has 1 unspecified atom stereocenters. The zero-order valence-corrected chi connectivity index (χ0v) is 10.9. The number of aliphatic hydroxyl groups excluding tert-OH is 1. The van der Waals surface area contributed by atoms with Crippen molar-refractivity contribution in [2.75, 3.05) is 6.54 Å². The summed E-state index contributed by atoms with van der Waals surface area (Å²) in [4.78, 5) is 24.0. The lowest BCUT2D eigenvalue weighted by Crippen LogP contribution is -2.47. The maximum atomic E-state index is 11.8. The zero-order valence-electron chi connectivity index (χ0n) is 10.9. The predicted molar refractivity (Wildman–Crippen MR) is 69.6 cm³/mol. The number of carboxylic acids is 1. The maximum absolute atomic E-state index is 11.8. The molecular weight excluding hydrogens is 262 g/mol. The van der Waals surface area contributed by atoms with E-state index in [0.29, 0.717) is 19.4 Å². The van der Waals surface area contributed by atoms with E-state index in [1.165, 1.54) is 4.90 Å². The van der Waals surface area contributed by atoms with Crippen molar-refractivity contribution >= 4 is 11.9 Å². The Hall–Kier alpha value is -1.92. The Balaban J connectivity index is 1.90. The standard InChI is InChI=1S/C14H17NO5/c16-12(15-8-4-7-11(15)13(17)18)14(19)20-9-10-5-2-1-3-6-10/h1-3,5-6,11-12,16H,4,7-9H2,(H,17,18)/t11-,12?/m0/s1. The van der Waals surface area contributed by atoms with Gasteiger partial charge in [0.05, 0.1) is 0 Å². The number of benzene rings is 1. The fraction of sp³-hybridized carbons (Fsp3) is 0.429. The van der Waals surface area contributed by atoms with Gasteiger partial charge in [-0.3, -0.25) is 9.69 Å². The summed E-state index contributed by atoms with van der Waals surface area (Å²) < 4.78 is 5.01. The van der Waals surface area contributed by atoms with Crippen LogP contribution in [0.2, 0.25) is 0 Å². The Morgan fingerprint density at radius 3 is 2.70 bits per heavy atom. The molecule has 0 amide bonds. The van der Waals surface area contributed by atoms with E-state index in [9.17, 15) is 14.7 Å². The van der Waals surface area contributed by atoms with Gasteiger partial charge in [0.1, 0.15) is 12.6 Å². The molecule has 2 N–H and O–H groups in total. The van der Waals surface area contributed by atoms with Gasteiger partial charge in [-0.05, 0) is 18.4 Å². The van der Waals surface area contributed by atoms with Gasteiger partial charge in [-0.15, -0.1) is 0 Å². The van der Waals surface area contributed by atoms with Crippen LogP contribution in [-0.2, 0) is 20.9 Å². The number of hydrogen-bond donors (Lipinski definition) is 2. The third kappa shape index (κ3) is 3.34. The van der Waals surface area contributed by atoms with Crippen molar-refractivity contribution in [1.29, 1.82) is 0 Å². The Bertz CT molecular complexity index is 476. The van der Waals surface area contributed by atoms with Gasteiger partial charge in [0, 0.05) is 6.54 Å². The van der Waals surface area contributed by atoms with Crippen molar-refractivity contribution in [3.8, 4) is 0 Å². The van der Waals surface area contributed by atoms with Crippen molar-refractivity contribution in [3.63, 3.8) is 0 Å². The fourth-order valence-electron chi connectivity index (χ4n) is 2.29. The highest BCUT2D eigenvalue weighted by atomic mass is 16.5. The highest BCUT2D eigenvalue weighted by molar-refractivity contribution is 5.77. The molecule has 20 heavy (non-hydrogen) atoms. The van der Waals surface area contributed by atoms with Crippen LogP contribution >= 0.6 is 0 Å². The van der Waals surface area contributed by atoms with Crippen LogP contribution in [0.15, 0.2) is 30.3 Å². The summed E-state index contributed by atoms with van der Waals surface area (Å²) in [6.45, 7) is 0.431. The topological polar surface area (TPSA) is 87.1 Å². The number of esters is 1. The van der Waals surface area contributed by atoms with Crippen LogP contribution in [0.4, 0.5) is 0 Å². The summed E-state index contributed by atoms with van der Waals surface area (Å²) in [7, 11) is 0.